The lowest BCUT2D eigenvalue weighted by atomic mass is 10.2. The largest absolute Gasteiger partial charge is 0.492 e. The lowest BCUT2D eigenvalue weighted by Crippen LogP contribution is -2.59. The fourth-order valence-electron chi connectivity index (χ4n) is 3.18. The highest BCUT2D eigenvalue weighted by atomic mass is 16.8. The molecule has 27 heavy (non-hydrogen) atoms. The molecule has 0 aromatic carbocycles. The minimum absolute atomic E-state index is 0.229. The van der Waals surface area contributed by atoms with Crippen LogP contribution in [0.15, 0.2) is 30.6 Å². The molecule has 146 valence electrons. The summed E-state index contributed by atoms with van der Waals surface area (Å²) < 4.78 is 17.0. The van der Waals surface area contributed by atoms with Gasteiger partial charge < -0.3 is 14.2 Å². The third-order valence-corrected chi connectivity index (χ3v) is 4.46. The first-order chi connectivity index (χ1) is 13.0. The molecule has 1 aromatic heterocycles. The van der Waals surface area contributed by atoms with Crippen molar-refractivity contribution in [3.8, 4) is 5.75 Å². The van der Waals surface area contributed by atoms with Gasteiger partial charge in [-0.1, -0.05) is 13.3 Å². The van der Waals surface area contributed by atoms with Gasteiger partial charge in [0.05, 0.1) is 31.2 Å². The molecule has 1 spiro atoms. The van der Waals surface area contributed by atoms with Crippen LogP contribution in [-0.4, -0.2) is 61.0 Å². The summed E-state index contributed by atoms with van der Waals surface area (Å²) >= 11 is 0. The number of rotatable bonds is 5. The molecule has 8 heteroatoms. The van der Waals surface area contributed by atoms with E-state index in [1.54, 1.807) is 17.3 Å². The number of esters is 2. The molecule has 3 rings (SSSR count). The van der Waals surface area contributed by atoms with Crippen molar-refractivity contribution in [1.82, 2.24) is 9.88 Å². The number of hydrogen-bond donors (Lipinski definition) is 0. The van der Waals surface area contributed by atoms with E-state index in [2.05, 4.69) is 11.9 Å². The van der Waals surface area contributed by atoms with Crippen molar-refractivity contribution >= 4 is 17.6 Å². The highest BCUT2D eigenvalue weighted by Gasteiger charge is 2.48. The standard InChI is InChI=1S/C19H25N3O5/c1-3-4-10-25-16-11-15(12-20-13-16)22-9-5-8-21(2)14-19(22)26-17(23)6-7-18(24)27-19/h6-7,11-13H,3-5,8-10,14H2,1-2H3. The lowest BCUT2D eigenvalue weighted by molar-refractivity contribution is -0.223. The van der Waals surface area contributed by atoms with Gasteiger partial charge in [-0.3, -0.25) is 14.8 Å². The minimum atomic E-state index is -1.55. The zero-order valence-corrected chi connectivity index (χ0v) is 15.7. The number of carbonyl (C=O) groups is 2. The Kier molecular flexibility index (Phi) is 5.95. The lowest BCUT2D eigenvalue weighted by Gasteiger charge is -2.41. The van der Waals surface area contributed by atoms with Crippen molar-refractivity contribution < 1.29 is 23.8 Å². The van der Waals surface area contributed by atoms with Crippen LogP contribution in [0.3, 0.4) is 0 Å². The third-order valence-electron chi connectivity index (χ3n) is 4.46. The first-order valence-electron chi connectivity index (χ1n) is 9.20. The molecule has 1 saturated heterocycles. The Balaban J connectivity index is 1.94. The van der Waals surface area contributed by atoms with Gasteiger partial charge in [-0.05, 0) is 26.4 Å². The summed E-state index contributed by atoms with van der Waals surface area (Å²) in [5.41, 5.74) is 0.668. The Bertz CT molecular complexity index is 701. The predicted molar refractivity (Wildman–Crippen MR) is 98.2 cm³/mol. The van der Waals surface area contributed by atoms with Crippen LogP contribution in [0.4, 0.5) is 5.69 Å². The fraction of sp³-hybridized carbons (Fsp3) is 0.526. The summed E-state index contributed by atoms with van der Waals surface area (Å²) in [5.74, 6) is -2.17. The Hall–Kier alpha value is -2.61. The van der Waals surface area contributed by atoms with Crippen LogP contribution in [0, 0.1) is 0 Å². The SMILES string of the molecule is CCCCOc1cncc(N2CCCN(C)CC23OC(=O)C=CC(=O)O3)c1. The van der Waals surface area contributed by atoms with Crippen molar-refractivity contribution in [1.29, 1.82) is 0 Å². The molecule has 2 aliphatic rings. The summed E-state index contributed by atoms with van der Waals surface area (Å²) in [6.45, 7) is 4.24. The number of likely N-dealkylation sites (N-methyl/N-ethyl adjacent to an activating group) is 1. The maximum absolute atomic E-state index is 12.1. The van der Waals surface area contributed by atoms with E-state index in [0.29, 0.717) is 24.6 Å². The highest BCUT2D eigenvalue weighted by molar-refractivity contribution is 5.93. The Labute approximate surface area is 158 Å². The number of carbonyl (C=O) groups excluding carboxylic acids is 2. The van der Waals surface area contributed by atoms with Crippen LogP contribution in [-0.2, 0) is 19.1 Å². The molecule has 0 N–H and O–H groups in total. The van der Waals surface area contributed by atoms with Gasteiger partial charge in [0.25, 0.3) is 0 Å². The van der Waals surface area contributed by atoms with E-state index >= 15 is 0 Å². The molecule has 1 aromatic rings. The second-order valence-corrected chi connectivity index (χ2v) is 6.71. The van der Waals surface area contributed by atoms with Crippen molar-refractivity contribution in [3.63, 3.8) is 0 Å². The number of pyridine rings is 1. The van der Waals surface area contributed by atoms with E-state index in [0.717, 1.165) is 38.0 Å². The van der Waals surface area contributed by atoms with Crippen LogP contribution in [0.2, 0.25) is 0 Å². The Morgan fingerprint density at radius 3 is 2.63 bits per heavy atom. The normalized spacial score (nSPS) is 20.0. The monoisotopic (exact) mass is 375 g/mol. The Morgan fingerprint density at radius 1 is 1.19 bits per heavy atom. The van der Waals surface area contributed by atoms with Crippen LogP contribution >= 0.6 is 0 Å². The molecule has 0 saturated carbocycles. The maximum atomic E-state index is 12.1. The molecule has 3 heterocycles. The van der Waals surface area contributed by atoms with E-state index in [1.807, 2.05) is 18.0 Å². The van der Waals surface area contributed by atoms with E-state index in [1.165, 1.54) is 0 Å². The molecule has 0 bridgehead atoms. The van der Waals surface area contributed by atoms with Gasteiger partial charge in [-0.2, -0.15) is 0 Å². The topological polar surface area (TPSA) is 81.2 Å². The number of unbranched alkanes of at least 4 members (excludes halogenated alkanes) is 1. The molecular formula is C19H25N3O5. The highest BCUT2D eigenvalue weighted by Crippen LogP contribution is 2.33. The summed E-state index contributed by atoms with van der Waals surface area (Å²) in [7, 11) is 1.90. The summed E-state index contributed by atoms with van der Waals surface area (Å²) in [4.78, 5) is 32.2. The minimum Gasteiger partial charge on any atom is -0.492 e. The molecule has 2 aliphatic heterocycles. The molecule has 0 amide bonds. The van der Waals surface area contributed by atoms with Gasteiger partial charge in [0, 0.05) is 24.8 Å². The Morgan fingerprint density at radius 2 is 1.93 bits per heavy atom. The van der Waals surface area contributed by atoms with Crippen molar-refractivity contribution in [2.75, 3.05) is 38.2 Å². The van der Waals surface area contributed by atoms with E-state index < -0.39 is 17.8 Å². The van der Waals surface area contributed by atoms with Gasteiger partial charge in [0.1, 0.15) is 5.75 Å². The number of anilines is 1. The zero-order chi connectivity index (χ0) is 19.3. The van der Waals surface area contributed by atoms with Gasteiger partial charge in [0.2, 0.25) is 0 Å². The summed E-state index contributed by atoms with van der Waals surface area (Å²) in [6, 6.07) is 1.83. The molecule has 0 atom stereocenters. The zero-order valence-electron chi connectivity index (χ0n) is 15.7. The molecule has 0 unspecified atom stereocenters. The second-order valence-electron chi connectivity index (χ2n) is 6.71. The van der Waals surface area contributed by atoms with Crippen LogP contribution < -0.4 is 9.64 Å². The van der Waals surface area contributed by atoms with E-state index in [4.69, 9.17) is 14.2 Å². The number of hydrogen-bond acceptors (Lipinski definition) is 8. The van der Waals surface area contributed by atoms with Crippen molar-refractivity contribution in [2.24, 2.45) is 0 Å². The predicted octanol–water partition coefficient (Wildman–Crippen LogP) is 1.71. The van der Waals surface area contributed by atoms with Gasteiger partial charge >= 0.3 is 17.8 Å². The number of nitrogens with zero attached hydrogens (tertiary/aromatic N) is 3. The molecule has 0 radical (unpaired) electrons. The number of aromatic nitrogens is 1. The van der Waals surface area contributed by atoms with Crippen LogP contribution in [0.1, 0.15) is 26.2 Å². The maximum Gasteiger partial charge on any atom is 0.356 e. The first kappa shape index (κ1) is 19.2. The smallest absolute Gasteiger partial charge is 0.356 e. The summed E-state index contributed by atoms with van der Waals surface area (Å²) in [6.07, 6.45) is 8.26. The molecular weight excluding hydrogens is 350 g/mol. The third kappa shape index (κ3) is 4.57. The molecule has 0 aliphatic carbocycles. The van der Waals surface area contributed by atoms with Gasteiger partial charge in [-0.15, -0.1) is 0 Å². The quantitative estimate of drug-likeness (QED) is 0.568. The molecule has 8 nitrogen and oxygen atoms in total. The summed E-state index contributed by atoms with van der Waals surface area (Å²) in [5, 5.41) is 0. The first-order valence-corrected chi connectivity index (χ1v) is 9.20. The van der Waals surface area contributed by atoms with Gasteiger partial charge in [0.15, 0.2) is 0 Å². The van der Waals surface area contributed by atoms with Crippen molar-refractivity contribution in [2.45, 2.75) is 32.1 Å². The van der Waals surface area contributed by atoms with Crippen molar-refractivity contribution in [3.05, 3.63) is 30.6 Å². The fourth-order valence-corrected chi connectivity index (χ4v) is 3.18. The van der Waals surface area contributed by atoms with Crippen LogP contribution in [0.5, 0.6) is 5.75 Å². The van der Waals surface area contributed by atoms with Gasteiger partial charge in [-0.25, -0.2) is 9.59 Å². The number of ether oxygens (including phenoxy) is 3. The average Bonchev–Trinajstić information content (AvgIpc) is 2.87. The molecule has 1 fully saturated rings. The van der Waals surface area contributed by atoms with E-state index in [9.17, 15) is 9.59 Å². The van der Waals surface area contributed by atoms with Crippen LogP contribution in [0.25, 0.3) is 0 Å². The average molecular weight is 375 g/mol. The second kappa shape index (κ2) is 8.39. The van der Waals surface area contributed by atoms with E-state index in [-0.39, 0.29) is 6.54 Å².